The molecule has 1 aliphatic rings. The SMILES string of the molecule is C1=C(c2ccnc3nc(-c4[nH]nc5ncc(-c6cn[nH]c6)cc45)[nH]c23)CCC1. The van der Waals surface area contributed by atoms with Crippen molar-refractivity contribution in [3.63, 3.8) is 0 Å². The standard InChI is InChI=1S/C20H16N8/c1-2-4-11(3-1)14-5-6-21-19-16(14)25-20(26-19)17-15-7-12(13-9-23-24-10-13)8-22-18(15)28-27-17/h3,5-10H,1-2,4H2,(H,23,24)(H,21,25,26)(H,22,27,28). The summed E-state index contributed by atoms with van der Waals surface area (Å²) in [5.41, 5.74) is 7.61. The fraction of sp³-hybridized carbons (Fsp3) is 0.150. The molecule has 5 heterocycles. The minimum atomic E-state index is 0.648. The molecule has 0 aromatic carbocycles. The van der Waals surface area contributed by atoms with E-state index in [1.165, 1.54) is 17.6 Å². The van der Waals surface area contributed by atoms with Gasteiger partial charge in [-0.15, -0.1) is 0 Å². The molecular weight excluding hydrogens is 352 g/mol. The van der Waals surface area contributed by atoms with E-state index in [1.54, 1.807) is 12.4 Å². The second kappa shape index (κ2) is 5.85. The fourth-order valence-corrected chi connectivity index (χ4v) is 3.86. The maximum Gasteiger partial charge on any atom is 0.181 e. The molecule has 0 spiro atoms. The van der Waals surface area contributed by atoms with Crippen LogP contribution in [0.2, 0.25) is 0 Å². The lowest BCUT2D eigenvalue weighted by atomic mass is 10.1. The summed E-state index contributed by atoms with van der Waals surface area (Å²) < 4.78 is 0. The van der Waals surface area contributed by atoms with E-state index in [0.29, 0.717) is 17.1 Å². The highest BCUT2D eigenvalue weighted by atomic mass is 15.2. The van der Waals surface area contributed by atoms with Crippen molar-refractivity contribution in [1.29, 1.82) is 0 Å². The Hall–Kier alpha value is -3.81. The van der Waals surface area contributed by atoms with Crippen molar-refractivity contribution in [2.45, 2.75) is 19.3 Å². The summed E-state index contributed by atoms with van der Waals surface area (Å²) in [6, 6.07) is 4.11. The van der Waals surface area contributed by atoms with Gasteiger partial charge in [-0.1, -0.05) is 6.08 Å². The lowest BCUT2D eigenvalue weighted by Gasteiger charge is -2.02. The summed E-state index contributed by atoms with van der Waals surface area (Å²) in [7, 11) is 0. The number of hydrogen-bond acceptors (Lipinski definition) is 5. The van der Waals surface area contributed by atoms with Crippen molar-refractivity contribution >= 4 is 27.8 Å². The highest BCUT2D eigenvalue weighted by Gasteiger charge is 2.18. The molecular formula is C20H16N8. The van der Waals surface area contributed by atoms with Gasteiger partial charge in [0.05, 0.1) is 17.1 Å². The van der Waals surface area contributed by atoms with Gasteiger partial charge in [0.25, 0.3) is 0 Å². The number of rotatable bonds is 3. The van der Waals surface area contributed by atoms with Gasteiger partial charge in [0, 0.05) is 35.3 Å². The molecule has 3 N–H and O–H groups in total. The maximum absolute atomic E-state index is 4.72. The Morgan fingerprint density at radius 2 is 2.04 bits per heavy atom. The first-order valence-corrected chi connectivity index (χ1v) is 9.24. The highest BCUT2D eigenvalue weighted by Crippen LogP contribution is 2.33. The molecule has 1 aliphatic carbocycles. The van der Waals surface area contributed by atoms with Crippen molar-refractivity contribution in [3.8, 4) is 22.6 Å². The van der Waals surface area contributed by atoms with Crippen LogP contribution in [0.5, 0.6) is 0 Å². The number of allylic oxidation sites excluding steroid dienone is 2. The van der Waals surface area contributed by atoms with Gasteiger partial charge < -0.3 is 4.98 Å². The van der Waals surface area contributed by atoms with Crippen LogP contribution in [0.25, 0.3) is 50.4 Å². The van der Waals surface area contributed by atoms with E-state index >= 15 is 0 Å². The third-order valence-electron chi connectivity index (χ3n) is 5.26. The Balaban J connectivity index is 1.52. The van der Waals surface area contributed by atoms with Crippen LogP contribution >= 0.6 is 0 Å². The van der Waals surface area contributed by atoms with Gasteiger partial charge in [-0.3, -0.25) is 10.2 Å². The second-order valence-corrected chi connectivity index (χ2v) is 6.94. The van der Waals surface area contributed by atoms with Gasteiger partial charge in [-0.25, -0.2) is 15.0 Å². The average Bonchev–Trinajstić information content (AvgIpc) is 3.53. The lowest BCUT2D eigenvalue weighted by Crippen LogP contribution is -1.86. The maximum atomic E-state index is 4.72. The molecule has 0 bridgehead atoms. The van der Waals surface area contributed by atoms with Crippen LogP contribution in [-0.4, -0.2) is 40.3 Å². The van der Waals surface area contributed by atoms with Gasteiger partial charge in [-0.2, -0.15) is 10.2 Å². The molecule has 0 amide bonds. The van der Waals surface area contributed by atoms with Crippen molar-refractivity contribution in [2.75, 3.05) is 0 Å². The number of hydrogen-bond donors (Lipinski definition) is 3. The first-order chi connectivity index (χ1) is 13.9. The van der Waals surface area contributed by atoms with Gasteiger partial charge in [0.2, 0.25) is 0 Å². The first kappa shape index (κ1) is 15.3. The molecule has 0 saturated heterocycles. The second-order valence-electron chi connectivity index (χ2n) is 6.94. The number of pyridine rings is 2. The normalized spacial score (nSPS) is 14.2. The summed E-state index contributed by atoms with van der Waals surface area (Å²) in [5, 5.41) is 15.2. The van der Waals surface area contributed by atoms with Crippen molar-refractivity contribution in [1.82, 2.24) is 40.3 Å². The molecule has 28 heavy (non-hydrogen) atoms. The Morgan fingerprint density at radius 1 is 1.04 bits per heavy atom. The predicted octanol–water partition coefficient (Wildman–Crippen LogP) is 3.85. The minimum absolute atomic E-state index is 0.648. The third-order valence-corrected chi connectivity index (χ3v) is 5.26. The molecule has 136 valence electrons. The van der Waals surface area contributed by atoms with Crippen LogP contribution in [0.15, 0.2) is 43.0 Å². The number of imidazole rings is 1. The van der Waals surface area contributed by atoms with Crippen LogP contribution in [0.4, 0.5) is 0 Å². The number of aromatic nitrogens is 8. The van der Waals surface area contributed by atoms with E-state index < -0.39 is 0 Å². The summed E-state index contributed by atoms with van der Waals surface area (Å²) in [6.45, 7) is 0. The molecule has 0 saturated carbocycles. The molecule has 0 radical (unpaired) electrons. The highest BCUT2D eigenvalue weighted by molar-refractivity contribution is 5.95. The molecule has 0 atom stereocenters. The minimum Gasteiger partial charge on any atom is -0.335 e. The molecule has 8 heteroatoms. The fourth-order valence-electron chi connectivity index (χ4n) is 3.86. The summed E-state index contributed by atoms with van der Waals surface area (Å²) >= 11 is 0. The Labute approximate surface area is 159 Å². The van der Waals surface area contributed by atoms with Gasteiger partial charge in [-0.05, 0) is 37.0 Å². The van der Waals surface area contributed by atoms with Gasteiger partial charge in [0.1, 0.15) is 5.69 Å². The number of fused-ring (bicyclic) bond motifs is 2. The molecule has 0 unspecified atom stereocenters. The Kier molecular flexibility index (Phi) is 3.19. The predicted molar refractivity (Wildman–Crippen MR) is 106 cm³/mol. The summed E-state index contributed by atoms with van der Waals surface area (Å²) in [4.78, 5) is 17.1. The zero-order chi connectivity index (χ0) is 18.5. The number of H-pyrrole nitrogens is 3. The molecule has 0 fully saturated rings. The van der Waals surface area contributed by atoms with Crippen LogP contribution in [-0.2, 0) is 0 Å². The van der Waals surface area contributed by atoms with Gasteiger partial charge >= 0.3 is 0 Å². The van der Waals surface area contributed by atoms with Crippen molar-refractivity contribution < 1.29 is 0 Å². The molecule has 0 aliphatic heterocycles. The Morgan fingerprint density at radius 3 is 2.89 bits per heavy atom. The van der Waals surface area contributed by atoms with E-state index in [9.17, 15) is 0 Å². The van der Waals surface area contributed by atoms with E-state index in [4.69, 9.17) is 4.98 Å². The van der Waals surface area contributed by atoms with Crippen molar-refractivity contribution in [3.05, 3.63) is 48.6 Å². The van der Waals surface area contributed by atoms with Crippen LogP contribution in [0, 0.1) is 0 Å². The van der Waals surface area contributed by atoms with Crippen LogP contribution in [0.1, 0.15) is 24.8 Å². The first-order valence-electron chi connectivity index (χ1n) is 9.24. The smallest absolute Gasteiger partial charge is 0.181 e. The topological polar surface area (TPSA) is 112 Å². The quantitative estimate of drug-likeness (QED) is 0.448. The Bertz CT molecular complexity index is 1340. The molecule has 5 aromatic rings. The monoisotopic (exact) mass is 368 g/mol. The van der Waals surface area contributed by atoms with E-state index in [-0.39, 0.29) is 0 Å². The number of nitrogens with one attached hydrogen (secondary N) is 3. The molecule has 5 aromatic heterocycles. The van der Waals surface area contributed by atoms with E-state index in [1.807, 2.05) is 18.5 Å². The average molecular weight is 368 g/mol. The largest absolute Gasteiger partial charge is 0.335 e. The van der Waals surface area contributed by atoms with Crippen LogP contribution in [0.3, 0.4) is 0 Å². The third kappa shape index (κ3) is 2.27. The van der Waals surface area contributed by atoms with E-state index in [2.05, 4.69) is 47.5 Å². The van der Waals surface area contributed by atoms with Gasteiger partial charge in [0.15, 0.2) is 17.1 Å². The van der Waals surface area contributed by atoms with E-state index in [0.717, 1.165) is 40.6 Å². The lowest BCUT2D eigenvalue weighted by molar-refractivity contribution is 0.935. The summed E-state index contributed by atoms with van der Waals surface area (Å²) in [5.74, 6) is 0.710. The zero-order valence-electron chi connectivity index (χ0n) is 14.9. The zero-order valence-corrected chi connectivity index (χ0v) is 14.9. The molecule has 8 nitrogen and oxygen atoms in total. The van der Waals surface area contributed by atoms with Crippen molar-refractivity contribution in [2.24, 2.45) is 0 Å². The number of aromatic amines is 3. The summed E-state index contributed by atoms with van der Waals surface area (Å²) in [6.07, 6.45) is 13.0. The number of nitrogens with zero attached hydrogens (tertiary/aromatic N) is 5. The van der Waals surface area contributed by atoms with Crippen LogP contribution < -0.4 is 0 Å². The molecule has 6 rings (SSSR count).